The highest BCUT2D eigenvalue weighted by molar-refractivity contribution is 5.97. The summed E-state index contributed by atoms with van der Waals surface area (Å²) in [7, 11) is 0. The van der Waals surface area contributed by atoms with Crippen LogP contribution in [-0.4, -0.2) is 113 Å². The Bertz CT molecular complexity index is 1720. The van der Waals surface area contributed by atoms with Crippen molar-refractivity contribution in [3.8, 4) is 17.1 Å². The Morgan fingerprint density at radius 1 is 0.865 bits per heavy atom. The molecule has 0 spiro atoms. The molecule has 12 heteroatoms. The Hall–Kier alpha value is -4.13. The zero-order valence-electron chi connectivity index (χ0n) is 31.3. The number of ether oxygens (including phenoxy) is 3. The predicted octanol–water partition coefficient (Wildman–Crippen LogP) is 6.15. The highest BCUT2D eigenvalue weighted by atomic mass is 19.1. The van der Waals surface area contributed by atoms with Gasteiger partial charge in [0.1, 0.15) is 29.5 Å². The third-order valence-electron chi connectivity index (χ3n) is 10.1. The minimum Gasteiger partial charge on any atom is -0.474 e. The van der Waals surface area contributed by atoms with Crippen molar-refractivity contribution in [3.05, 3.63) is 77.4 Å². The number of hydrogen-bond donors (Lipinski definition) is 0. The fourth-order valence-electron chi connectivity index (χ4n) is 7.45. The predicted molar refractivity (Wildman–Crippen MR) is 195 cm³/mol. The van der Waals surface area contributed by atoms with Gasteiger partial charge in [-0.1, -0.05) is 12.1 Å². The Kier molecular flexibility index (Phi) is 11.2. The first-order chi connectivity index (χ1) is 24.7. The number of morpholine rings is 1. The molecule has 5 atom stereocenters. The van der Waals surface area contributed by atoms with Crippen molar-refractivity contribution in [1.29, 1.82) is 0 Å². The molecule has 0 N–H and O–H groups in total. The van der Waals surface area contributed by atoms with Gasteiger partial charge in [0, 0.05) is 49.4 Å². The number of carbonyl (C=O) groups is 2. The van der Waals surface area contributed by atoms with Crippen molar-refractivity contribution in [2.45, 2.75) is 90.7 Å². The Labute approximate surface area is 305 Å². The van der Waals surface area contributed by atoms with Crippen molar-refractivity contribution in [1.82, 2.24) is 19.7 Å². The number of amides is 2. The van der Waals surface area contributed by atoms with Crippen molar-refractivity contribution in [2.24, 2.45) is 0 Å². The molecule has 2 fully saturated rings. The number of anilines is 1. The van der Waals surface area contributed by atoms with E-state index in [-0.39, 0.29) is 67.0 Å². The lowest BCUT2D eigenvalue weighted by Gasteiger charge is -2.49. The van der Waals surface area contributed by atoms with Crippen LogP contribution >= 0.6 is 0 Å². The second-order valence-corrected chi connectivity index (χ2v) is 15.6. The van der Waals surface area contributed by atoms with E-state index in [1.54, 1.807) is 34.1 Å². The molecule has 0 bridgehead atoms. The van der Waals surface area contributed by atoms with E-state index in [4.69, 9.17) is 19.2 Å². The molecule has 3 aliphatic heterocycles. The van der Waals surface area contributed by atoms with E-state index in [1.807, 2.05) is 40.7 Å². The number of halogens is 2. The normalized spacial score (nSPS) is 24.3. The molecule has 3 aromatic rings. The highest BCUT2D eigenvalue weighted by Crippen LogP contribution is 2.38. The zero-order chi connectivity index (χ0) is 37.3. The molecule has 6 rings (SSSR count). The molecule has 52 heavy (non-hydrogen) atoms. The minimum atomic E-state index is -0.632. The average molecular weight is 720 g/mol. The molecule has 2 aromatic carbocycles. The lowest BCUT2D eigenvalue weighted by molar-refractivity contribution is -0.123. The van der Waals surface area contributed by atoms with Crippen LogP contribution < -0.4 is 9.64 Å². The number of nitrogens with zero attached hydrogens (tertiary/aromatic N) is 5. The number of aromatic nitrogens is 1. The maximum atomic E-state index is 14.6. The quantitative estimate of drug-likeness (QED) is 0.288. The lowest BCUT2D eigenvalue weighted by atomic mass is 9.98. The van der Waals surface area contributed by atoms with Gasteiger partial charge in [-0.05, 0) is 108 Å². The lowest BCUT2D eigenvalue weighted by Crippen LogP contribution is -2.65. The molecular weight excluding hydrogens is 668 g/mol. The summed E-state index contributed by atoms with van der Waals surface area (Å²) in [6.45, 7) is 17.0. The fourth-order valence-corrected chi connectivity index (χ4v) is 7.45. The summed E-state index contributed by atoms with van der Waals surface area (Å²) in [5, 5.41) is 0. The average Bonchev–Trinajstić information content (AvgIpc) is 3.07. The third-order valence-corrected chi connectivity index (χ3v) is 10.1. The Morgan fingerprint density at radius 2 is 1.50 bits per heavy atom. The minimum absolute atomic E-state index is 0.105. The van der Waals surface area contributed by atoms with Crippen molar-refractivity contribution in [3.63, 3.8) is 0 Å². The highest BCUT2D eigenvalue weighted by Gasteiger charge is 2.41. The van der Waals surface area contributed by atoms with Crippen LogP contribution in [0.4, 0.5) is 19.3 Å². The summed E-state index contributed by atoms with van der Waals surface area (Å²) in [4.78, 5) is 41.1. The van der Waals surface area contributed by atoms with Gasteiger partial charge in [0.2, 0.25) is 11.8 Å². The molecule has 10 nitrogen and oxygen atoms in total. The standard InChI is InChI=1S/C40H51F2N5O5/c1-25-18-44(34(19-45-26(2)22-50-23-27(45)3)20-46(25)39(49)52-40(5,6)7)21-36(48)47-28(4)24-51-38-35(47)17-31(16-29-8-12-32(41)13-9-29)37(43-38)30-10-14-33(42)15-11-30/h8-15,17,25-28,34H,16,18-24H2,1-7H3/t25-,26-,27-,28+,34+/m1/s1. The van der Waals surface area contributed by atoms with Gasteiger partial charge in [-0.25, -0.2) is 18.6 Å². The number of benzene rings is 2. The number of carbonyl (C=O) groups excluding carboxylic acids is 2. The van der Waals surface area contributed by atoms with E-state index in [9.17, 15) is 18.4 Å². The number of pyridine rings is 1. The van der Waals surface area contributed by atoms with Crippen molar-refractivity contribution < 1.29 is 32.6 Å². The first-order valence-electron chi connectivity index (χ1n) is 18.2. The van der Waals surface area contributed by atoms with Gasteiger partial charge in [0.05, 0.1) is 31.5 Å². The maximum Gasteiger partial charge on any atom is 0.410 e. The molecule has 4 heterocycles. The Balaban J connectivity index is 1.32. The van der Waals surface area contributed by atoms with Crippen molar-refractivity contribution >= 4 is 17.7 Å². The molecule has 3 aliphatic rings. The van der Waals surface area contributed by atoms with Gasteiger partial charge >= 0.3 is 6.09 Å². The summed E-state index contributed by atoms with van der Waals surface area (Å²) >= 11 is 0. The summed E-state index contributed by atoms with van der Waals surface area (Å²) in [5.74, 6) is -0.473. The smallest absolute Gasteiger partial charge is 0.410 e. The largest absolute Gasteiger partial charge is 0.474 e. The van der Waals surface area contributed by atoms with E-state index < -0.39 is 5.60 Å². The van der Waals surface area contributed by atoms with Gasteiger partial charge in [-0.3, -0.25) is 14.6 Å². The Morgan fingerprint density at radius 3 is 2.13 bits per heavy atom. The molecule has 0 unspecified atom stereocenters. The van der Waals surface area contributed by atoms with Gasteiger partial charge in [0.25, 0.3) is 0 Å². The number of rotatable bonds is 7. The van der Waals surface area contributed by atoms with Crippen molar-refractivity contribution in [2.75, 3.05) is 50.9 Å². The fraction of sp³-hybridized carbons (Fsp3) is 0.525. The monoisotopic (exact) mass is 719 g/mol. The molecule has 2 saturated heterocycles. The molecule has 0 radical (unpaired) electrons. The first kappa shape index (κ1) is 37.6. The van der Waals surface area contributed by atoms with Crippen LogP contribution in [0.15, 0.2) is 54.6 Å². The number of fused-ring (bicyclic) bond motifs is 1. The van der Waals surface area contributed by atoms with E-state index in [1.165, 1.54) is 24.3 Å². The summed E-state index contributed by atoms with van der Waals surface area (Å²) in [6, 6.07) is 14.1. The third kappa shape index (κ3) is 8.56. The van der Waals surface area contributed by atoms with Crippen LogP contribution in [-0.2, 0) is 20.7 Å². The number of hydrogen-bond acceptors (Lipinski definition) is 8. The molecular formula is C40H51F2N5O5. The summed E-state index contributed by atoms with van der Waals surface area (Å²) in [6.07, 6.45) is 0.0534. The molecule has 2 amide bonds. The summed E-state index contributed by atoms with van der Waals surface area (Å²) < 4.78 is 45.5. The van der Waals surface area contributed by atoms with E-state index in [2.05, 4.69) is 23.6 Å². The number of piperazine rings is 1. The second kappa shape index (κ2) is 15.5. The van der Waals surface area contributed by atoms with Gasteiger partial charge in [-0.2, -0.15) is 0 Å². The van der Waals surface area contributed by atoms with Gasteiger partial charge < -0.3 is 24.0 Å². The van der Waals surface area contributed by atoms with Crippen LogP contribution in [0.2, 0.25) is 0 Å². The van der Waals surface area contributed by atoms with E-state index in [0.29, 0.717) is 62.1 Å². The van der Waals surface area contributed by atoms with E-state index in [0.717, 1.165) is 11.1 Å². The first-order valence-corrected chi connectivity index (χ1v) is 18.2. The second-order valence-electron chi connectivity index (χ2n) is 15.6. The summed E-state index contributed by atoms with van der Waals surface area (Å²) in [5.41, 5.74) is 2.88. The van der Waals surface area contributed by atoms with Gasteiger partial charge in [-0.15, -0.1) is 0 Å². The van der Waals surface area contributed by atoms with Crippen LogP contribution in [0.3, 0.4) is 0 Å². The van der Waals surface area contributed by atoms with Gasteiger partial charge in [0.15, 0.2) is 0 Å². The van der Waals surface area contributed by atoms with Crippen LogP contribution in [0, 0.1) is 11.6 Å². The molecule has 1 aromatic heterocycles. The van der Waals surface area contributed by atoms with Crippen LogP contribution in [0.1, 0.15) is 59.6 Å². The molecule has 0 aliphatic carbocycles. The van der Waals surface area contributed by atoms with E-state index >= 15 is 0 Å². The molecule has 0 saturated carbocycles. The van der Waals surface area contributed by atoms with Crippen LogP contribution in [0.5, 0.6) is 5.88 Å². The van der Waals surface area contributed by atoms with Crippen LogP contribution in [0.25, 0.3) is 11.3 Å². The SMILES string of the molecule is C[C@@H]1CN(CC(=O)N2c3cc(Cc4ccc(F)cc4)c(-c4ccc(F)cc4)nc3OC[C@@H]2C)[C@@H](CN2[C@H](C)COC[C@H]2C)CN1C(=O)OC(C)(C)C. The topological polar surface area (TPSA) is 87.7 Å². The maximum absolute atomic E-state index is 14.6. The zero-order valence-corrected chi connectivity index (χ0v) is 31.3. The molecule has 280 valence electrons.